The maximum absolute atomic E-state index is 12.5. The number of carbonyl (C=O) groups is 1. The molecule has 1 aromatic heterocycles. The molecule has 8 heteroatoms. The third-order valence-electron chi connectivity index (χ3n) is 4.17. The van der Waals surface area contributed by atoms with Crippen LogP contribution < -0.4 is 21.9 Å². The van der Waals surface area contributed by atoms with E-state index >= 15 is 0 Å². The number of aromatic nitrogens is 2. The van der Waals surface area contributed by atoms with Crippen LogP contribution >= 0.6 is 0 Å². The highest BCUT2D eigenvalue weighted by Crippen LogP contribution is 2.19. The average Bonchev–Trinajstić information content (AvgIpc) is 2.62. The highest BCUT2D eigenvalue weighted by atomic mass is 16.5. The molecule has 0 unspecified atom stereocenters. The largest absolute Gasteiger partial charge is 0.383 e. The number of rotatable bonds is 8. The Morgan fingerprint density at radius 1 is 1.26 bits per heavy atom. The van der Waals surface area contributed by atoms with Crippen molar-refractivity contribution >= 4 is 17.4 Å². The molecule has 2 aromatic rings. The molecule has 1 heterocycles. The van der Waals surface area contributed by atoms with Crippen molar-refractivity contribution in [2.45, 2.75) is 26.8 Å². The highest BCUT2D eigenvalue weighted by molar-refractivity contribution is 5.96. The van der Waals surface area contributed by atoms with Crippen molar-refractivity contribution in [3.8, 4) is 0 Å². The number of aromatic amines is 1. The van der Waals surface area contributed by atoms with Gasteiger partial charge in [0.05, 0.1) is 6.54 Å². The minimum Gasteiger partial charge on any atom is -0.383 e. The number of hydrogen-bond donors (Lipinski definition) is 2. The number of anilines is 2. The van der Waals surface area contributed by atoms with Crippen LogP contribution in [0.3, 0.4) is 0 Å². The summed E-state index contributed by atoms with van der Waals surface area (Å²) in [5.41, 5.74) is 5.71. The Hall–Kier alpha value is -2.87. The van der Waals surface area contributed by atoms with Gasteiger partial charge in [0, 0.05) is 13.7 Å². The van der Waals surface area contributed by atoms with Crippen LogP contribution in [0.2, 0.25) is 0 Å². The number of ether oxygens (including phenoxy) is 1. The summed E-state index contributed by atoms with van der Waals surface area (Å²) in [6.45, 7) is 4.34. The monoisotopic (exact) mass is 374 g/mol. The summed E-state index contributed by atoms with van der Waals surface area (Å²) in [6, 6.07) is 9.26. The molecule has 8 nitrogen and oxygen atoms in total. The fraction of sp³-hybridized carbons (Fsp3) is 0.421. The second-order valence-electron chi connectivity index (χ2n) is 6.73. The molecule has 146 valence electrons. The van der Waals surface area contributed by atoms with Gasteiger partial charge in [0.2, 0.25) is 0 Å². The molecule has 3 N–H and O–H groups in total. The standard InChI is InChI=1S/C19H26N4O4/c1-13(2)9-10-22(15(24)12-27-3)16-17(20)23(19(26)21-18(16)25)11-14-7-5-4-6-8-14/h4-8,13H,9-12,20H2,1-3H3,(H,21,25,26). The molecule has 0 aliphatic rings. The second kappa shape index (κ2) is 9.18. The van der Waals surface area contributed by atoms with Gasteiger partial charge in [-0.2, -0.15) is 0 Å². The van der Waals surface area contributed by atoms with Gasteiger partial charge < -0.3 is 15.4 Å². The molecule has 0 bridgehead atoms. The van der Waals surface area contributed by atoms with Crippen molar-refractivity contribution in [2.75, 3.05) is 30.9 Å². The summed E-state index contributed by atoms with van der Waals surface area (Å²) in [4.78, 5) is 40.9. The fourth-order valence-corrected chi connectivity index (χ4v) is 2.71. The topological polar surface area (TPSA) is 110 Å². The second-order valence-corrected chi connectivity index (χ2v) is 6.73. The van der Waals surface area contributed by atoms with Gasteiger partial charge in [0.25, 0.3) is 11.5 Å². The smallest absolute Gasteiger partial charge is 0.330 e. The number of nitrogens with two attached hydrogens (primary N) is 1. The molecule has 0 atom stereocenters. The third kappa shape index (κ3) is 5.07. The van der Waals surface area contributed by atoms with Crippen molar-refractivity contribution in [1.29, 1.82) is 0 Å². The van der Waals surface area contributed by atoms with E-state index in [2.05, 4.69) is 4.98 Å². The van der Waals surface area contributed by atoms with Crippen LogP contribution in [0.1, 0.15) is 25.8 Å². The molecule has 0 fully saturated rings. The van der Waals surface area contributed by atoms with E-state index in [9.17, 15) is 14.4 Å². The maximum atomic E-state index is 12.5. The molecular formula is C19H26N4O4. The average molecular weight is 374 g/mol. The van der Waals surface area contributed by atoms with Crippen molar-refractivity contribution < 1.29 is 9.53 Å². The Bertz CT molecular complexity index is 887. The lowest BCUT2D eigenvalue weighted by Crippen LogP contribution is -2.43. The molecule has 1 aromatic carbocycles. The van der Waals surface area contributed by atoms with Crippen LogP contribution in [-0.4, -0.2) is 35.7 Å². The summed E-state index contributed by atoms with van der Waals surface area (Å²) in [5.74, 6) is -0.112. The van der Waals surface area contributed by atoms with Crippen molar-refractivity contribution in [3.05, 3.63) is 56.7 Å². The fourth-order valence-electron chi connectivity index (χ4n) is 2.71. The van der Waals surface area contributed by atoms with Gasteiger partial charge in [0.1, 0.15) is 12.4 Å². The van der Waals surface area contributed by atoms with Crippen LogP contribution in [0.5, 0.6) is 0 Å². The Labute approximate surface area is 157 Å². The maximum Gasteiger partial charge on any atom is 0.330 e. The molecule has 0 saturated carbocycles. The van der Waals surface area contributed by atoms with E-state index in [0.29, 0.717) is 18.9 Å². The van der Waals surface area contributed by atoms with Gasteiger partial charge >= 0.3 is 5.69 Å². The molecule has 1 amide bonds. The summed E-state index contributed by atoms with van der Waals surface area (Å²) >= 11 is 0. The van der Waals surface area contributed by atoms with Crippen molar-refractivity contribution in [2.24, 2.45) is 5.92 Å². The Balaban J connectivity index is 2.52. The van der Waals surface area contributed by atoms with Crippen molar-refractivity contribution in [3.63, 3.8) is 0 Å². The predicted octanol–water partition coefficient (Wildman–Crippen LogP) is 1.19. The Morgan fingerprint density at radius 3 is 2.52 bits per heavy atom. The van der Waals surface area contributed by atoms with Crippen LogP contribution in [0.25, 0.3) is 0 Å². The van der Waals surface area contributed by atoms with Crippen LogP contribution in [0, 0.1) is 5.92 Å². The number of carbonyl (C=O) groups excluding carboxylic acids is 1. The normalized spacial score (nSPS) is 11.0. The molecule has 27 heavy (non-hydrogen) atoms. The first kappa shape index (κ1) is 20.4. The van der Waals surface area contributed by atoms with E-state index in [4.69, 9.17) is 10.5 Å². The third-order valence-corrected chi connectivity index (χ3v) is 4.17. The van der Waals surface area contributed by atoms with Gasteiger partial charge in [-0.05, 0) is 17.9 Å². The minimum atomic E-state index is -0.685. The van der Waals surface area contributed by atoms with Gasteiger partial charge in [-0.25, -0.2) is 4.79 Å². The lowest BCUT2D eigenvalue weighted by atomic mass is 10.1. The summed E-state index contributed by atoms with van der Waals surface area (Å²) < 4.78 is 6.19. The number of nitrogen functional groups attached to an aromatic ring is 1. The zero-order valence-corrected chi connectivity index (χ0v) is 15.9. The number of amides is 1. The Morgan fingerprint density at radius 2 is 1.93 bits per heavy atom. The van der Waals surface area contributed by atoms with E-state index in [1.165, 1.54) is 16.6 Å². The van der Waals surface area contributed by atoms with Gasteiger partial charge in [0.15, 0.2) is 5.69 Å². The number of nitrogens with zero attached hydrogens (tertiary/aromatic N) is 2. The number of methoxy groups -OCH3 is 1. The lowest BCUT2D eigenvalue weighted by Gasteiger charge is -2.25. The Kier molecular flexibility index (Phi) is 6.95. The van der Waals surface area contributed by atoms with Gasteiger partial charge in [-0.15, -0.1) is 0 Å². The predicted molar refractivity (Wildman–Crippen MR) is 105 cm³/mol. The summed E-state index contributed by atoms with van der Waals surface area (Å²) in [7, 11) is 1.41. The number of H-pyrrole nitrogens is 1. The van der Waals surface area contributed by atoms with Crippen LogP contribution in [0.15, 0.2) is 39.9 Å². The molecule has 0 aliphatic heterocycles. The van der Waals surface area contributed by atoms with Gasteiger partial charge in [-0.1, -0.05) is 44.2 Å². The molecular weight excluding hydrogens is 348 g/mol. The molecule has 0 radical (unpaired) electrons. The zero-order chi connectivity index (χ0) is 20.0. The first-order valence-electron chi connectivity index (χ1n) is 8.81. The molecule has 0 aliphatic carbocycles. The highest BCUT2D eigenvalue weighted by Gasteiger charge is 2.24. The first-order valence-corrected chi connectivity index (χ1v) is 8.81. The quantitative estimate of drug-likeness (QED) is 0.721. The SMILES string of the molecule is COCC(=O)N(CCC(C)C)c1c(N)n(Cc2ccccc2)c(=O)[nH]c1=O. The van der Waals surface area contributed by atoms with Crippen LogP contribution in [0.4, 0.5) is 11.5 Å². The van der Waals surface area contributed by atoms with Crippen LogP contribution in [-0.2, 0) is 16.1 Å². The first-order chi connectivity index (χ1) is 12.8. The van der Waals surface area contributed by atoms with E-state index in [0.717, 1.165) is 5.56 Å². The zero-order valence-electron chi connectivity index (χ0n) is 15.9. The van der Waals surface area contributed by atoms with E-state index in [1.807, 2.05) is 44.2 Å². The van der Waals surface area contributed by atoms with E-state index < -0.39 is 11.2 Å². The molecule has 0 spiro atoms. The van der Waals surface area contributed by atoms with Gasteiger partial charge in [-0.3, -0.25) is 19.1 Å². The van der Waals surface area contributed by atoms with Crippen molar-refractivity contribution in [1.82, 2.24) is 9.55 Å². The molecule has 0 saturated heterocycles. The lowest BCUT2D eigenvalue weighted by molar-refractivity contribution is -0.122. The number of benzene rings is 1. The molecule has 2 rings (SSSR count). The minimum absolute atomic E-state index is 0.0202. The number of hydrogen-bond acceptors (Lipinski definition) is 5. The van der Waals surface area contributed by atoms with E-state index in [-0.39, 0.29) is 30.6 Å². The summed E-state index contributed by atoms with van der Waals surface area (Å²) in [6.07, 6.45) is 0.673. The van der Waals surface area contributed by atoms with E-state index in [1.54, 1.807) is 0 Å². The summed E-state index contributed by atoms with van der Waals surface area (Å²) in [5, 5.41) is 0. The number of nitrogens with one attached hydrogen (secondary N) is 1.